The summed E-state index contributed by atoms with van der Waals surface area (Å²) < 4.78 is 17.9. The first-order valence-electron chi connectivity index (χ1n) is 12.6. The number of carbonyl (C=O) groups is 1. The summed E-state index contributed by atoms with van der Waals surface area (Å²) in [7, 11) is 1.64. The molecule has 0 aromatic heterocycles. The highest BCUT2D eigenvalue weighted by molar-refractivity contribution is 14.1. The zero-order valence-corrected chi connectivity index (χ0v) is 25.0. The van der Waals surface area contributed by atoms with Gasteiger partial charge in [-0.2, -0.15) is 0 Å². The smallest absolute Gasteiger partial charge is 0.269 e. The number of non-ortho nitro benzene ring substituents is 1. The lowest BCUT2D eigenvalue weighted by Crippen LogP contribution is -2.30. The number of nitrogens with zero attached hydrogens (tertiary/aromatic N) is 3. The number of ether oxygens (including phenoxy) is 3. The van der Waals surface area contributed by atoms with E-state index in [4.69, 9.17) is 19.2 Å². The summed E-state index contributed by atoms with van der Waals surface area (Å²) in [6.07, 6.45) is 2.52. The van der Waals surface area contributed by atoms with Crippen LogP contribution in [0.2, 0.25) is 0 Å². The molecule has 4 rings (SSSR count). The third-order valence-corrected chi connectivity index (χ3v) is 7.54. The van der Waals surface area contributed by atoms with E-state index in [2.05, 4.69) is 22.6 Å². The van der Waals surface area contributed by atoms with Gasteiger partial charge in [0.15, 0.2) is 16.7 Å². The second kappa shape index (κ2) is 14.3. The maximum Gasteiger partial charge on any atom is 0.269 e. The van der Waals surface area contributed by atoms with Crippen LogP contribution < -0.4 is 9.47 Å². The van der Waals surface area contributed by atoms with E-state index in [0.717, 1.165) is 14.8 Å². The van der Waals surface area contributed by atoms with Gasteiger partial charge in [0, 0.05) is 32.4 Å². The predicted molar refractivity (Wildman–Crippen MR) is 165 cm³/mol. The Kier molecular flexibility index (Phi) is 10.6. The van der Waals surface area contributed by atoms with Crippen LogP contribution in [0.4, 0.5) is 11.4 Å². The van der Waals surface area contributed by atoms with E-state index < -0.39 is 4.92 Å². The minimum atomic E-state index is -0.432. The number of nitro groups is 1. The normalized spacial score (nSPS) is 15.2. The zero-order valence-electron chi connectivity index (χ0n) is 22.0. The van der Waals surface area contributed by atoms with Gasteiger partial charge in [0.05, 0.1) is 25.7 Å². The number of aliphatic imine (C=N–C) groups is 1. The van der Waals surface area contributed by atoms with Gasteiger partial charge < -0.3 is 14.2 Å². The Hall–Kier alpha value is -3.42. The predicted octanol–water partition coefficient (Wildman–Crippen LogP) is 6.82. The number of hydrogen-bond donors (Lipinski definition) is 0. The van der Waals surface area contributed by atoms with Crippen LogP contribution in [0, 0.1) is 13.7 Å². The van der Waals surface area contributed by atoms with E-state index in [-0.39, 0.29) is 18.2 Å². The van der Waals surface area contributed by atoms with E-state index in [1.807, 2.05) is 55.5 Å². The summed E-state index contributed by atoms with van der Waals surface area (Å²) in [5.41, 5.74) is 2.23. The second-order valence-electron chi connectivity index (χ2n) is 8.62. The van der Waals surface area contributed by atoms with Crippen molar-refractivity contribution in [2.24, 2.45) is 4.99 Å². The summed E-state index contributed by atoms with van der Waals surface area (Å²) in [6.45, 7) is 3.47. The topological polar surface area (TPSA) is 104 Å². The van der Waals surface area contributed by atoms with Crippen molar-refractivity contribution in [2.45, 2.75) is 20.0 Å². The molecule has 1 aliphatic heterocycles. The second-order valence-corrected chi connectivity index (χ2v) is 10.8. The molecular weight excluding hydrogens is 645 g/mol. The fourth-order valence-corrected chi connectivity index (χ4v) is 5.72. The molecule has 1 fully saturated rings. The number of benzene rings is 3. The molecule has 0 radical (unpaired) electrons. The number of nitro benzene ring substituents is 1. The van der Waals surface area contributed by atoms with Crippen LogP contribution in [0.3, 0.4) is 0 Å². The quantitative estimate of drug-likeness (QED) is 0.0684. The molecule has 0 saturated carbocycles. The SMILES string of the molecule is CCOc1cc(/C=C2\SC(=Nc3ccccc3)N(CCCOC)C2=O)cc(I)c1OCc1cccc([N+](=O)[O-])c1. The third kappa shape index (κ3) is 7.61. The minimum absolute atomic E-state index is 0.00738. The third-order valence-electron chi connectivity index (χ3n) is 5.73. The molecule has 0 N–H and O–H groups in total. The maximum absolute atomic E-state index is 13.4. The van der Waals surface area contributed by atoms with Crippen molar-refractivity contribution in [1.29, 1.82) is 0 Å². The lowest BCUT2D eigenvalue weighted by molar-refractivity contribution is -0.384. The summed E-state index contributed by atoms with van der Waals surface area (Å²) in [6, 6.07) is 19.6. The van der Waals surface area contributed by atoms with Gasteiger partial charge in [-0.3, -0.25) is 19.8 Å². The van der Waals surface area contributed by atoms with Gasteiger partial charge in [0.25, 0.3) is 11.6 Å². The highest BCUT2D eigenvalue weighted by atomic mass is 127. The van der Waals surface area contributed by atoms with Crippen LogP contribution >= 0.6 is 34.4 Å². The Bertz CT molecular complexity index is 1430. The molecule has 3 aromatic carbocycles. The monoisotopic (exact) mass is 673 g/mol. The van der Waals surface area contributed by atoms with Crippen LogP contribution in [0.5, 0.6) is 11.5 Å². The molecule has 0 aliphatic carbocycles. The summed E-state index contributed by atoms with van der Waals surface area (Å²) >= 11 is 3.50. The van der Waals surface area contributed by atoms with Gasteiger partial charge in [0.2, 0.25) is 0 Å². The van der Waals surface area contributed by atoms with Crippen LogP contribution in [0.1, 0.15) is 24.5 Å². The van der Waals surface area contributed by atoms with Crippen LogP contribution in [-0.2, 0) is 16.1 Å². The molecule has 1 saturated heterocycles. The molecule has 40 heavy (non-hydrogen) atoms. The number of amidine groups is 1. The van der Waals surface area contributed by atoms with Gasteiger partial charge in [-0.25, -0.2) is 4.99 Å². The molecule has 1 amide bonds. The Morgan fingerprint density at radius 1 is 1.10 bits per heavy atom. The maximum atomic E-state index is 13.4. The first-order valence-corrected chi connectivity index (χ1v) is 14.5. The average molecular weight is 674 g/mol. The fraction of sp³-hybridized carbons (Fsp3) is 0.241. The first-order chi connectivity index (χ1) is 19.4. The number of rotatable bonds is 12. The summed E-state index contributed by atoms with van der Waals surface area (Å²) in [5.74, 6) is 0.945. The van der Waals surface area contributed by atoms with Gasteiger partial charge in [-0.05, 0) is 89.2 Å². The molecule has 1 aliphatic rings. The zero-order chi connectivity index (χ0) is 28.5. The number of para-hydroxylation sites is 1. The van der Waals surface area contributed by atoms with Crippen LogP contribution in [0.15, 0.2) is 76.6 Å². The van der Waals surface area contributed by atoms with Crippen LogP contribution in [-0.4, -0.2) is 47.8 Å². The van der Waals surface area contributed by atoms with Crippen molar-refractivity contribution in [3.63, 3.8) is 0 Å². The highest BCUT2D eigenvalue weighted by Gasteiger charge is 2.33. The molecule has 0 atom stereocenters. The molecule has 3 aromatic rings. The number of methoxy groups -OCH3 is 1. The Labute approximate surface area is 250 Å². The number of hydrogen-bond acceptors (Lipinski definition) is 8. The van der Waals surface area contributed by atoms with Crippen molar-refractivity contribution >= 4 is 62.9 Å². The van der Waals surface area contributed by atoms with E-state index in [9.17, 15) is 14.9 Å². The molecular formula is C29H28IN3O6S. The molecule has 1 heterocycles. The molecule has 9 nitrogen and oxygen atoms in total. The average Bonchev–Trinajstić information content (AvgIpc) is 3.22. The largest absolute Gasteiger partial charge is 0.490 e. The first kappa shape index (κ1) is 29.6. The van der Waals surface area contributed by atoms with Gasteiger partial charge in [-0.1, -0.05) is 30.3 Å². The van der Waals surface area contributed by atoms with Gasteiger partial charge in [-0.15, -0.1) is 0 Å². The van der Waals surface area contributed by atoms with E-state index in [1.54, 1.807) is 24.1 Å². The fourth-order valence-electron chi connectivity index (χ4n) is 3.91. The molecule has 0 unspecified atom stereocenters. The van der Waals surface area contributed by atoms with Crippen molar-refractivity contribution in [2.75, 3.05) is 26.9 Å². The van der Waals surface area contributed by atoms with E-state index >= 15 is 0 Å². The van der Waals surface area contributed by atoms with Crippen LogP contribution in [0.25, 0.3) is 6.08 Å². The summed E-state index contributed by atoms with van der Waals surface area (Å²) in [5, 5.41) is 11.7. The summed E-state index contributed by atoms with van der Waals surface area (Å²) in [4.78, 5) is 31.1. The number of thioether (sulfide) groups is 1. The number of amides is 1. The lowest BCUT2D eigenvalue weighted by Gasteiger charge is -2.15. The molecule has 0 bridgehead atoms. The Morgan fingerprint density at radius 3 is 2.62 bits per heavy atom. The molecule has 11 heteroatoms. The Balaban J connectivity index is 1.60. The van der Waals surface area contributed by atoms with Gasteiger partial charge in [0.1, 0.15) is 6.61 Å². The van der Waals surface area contributed by atoms with E-state index in [0.29, 0.717) is 53.3 Å². The van der Waals surface area contributed by atoms with Crippen molar-refractivity contribution in [1.82, 2.24) is 4.90 Å². The van der Waals surface area contributed by atoms with Crippen molar-refractivity contribution < 1.29 is 23.9 Å². The van der Waals surface area contributed by atoms with Crippen molar-refractivity contribution in [3.8, 4) is 11.5 Å². The van der Waals surface area contributed by atoms with E-state index in [1.165, 1.54) is 23.9 Å². The Morgan fingerprint density at radius 2 is 1.90 bits per heavy atom. The lowest BCUT2D eigenvalue weighted by atomic mass is 10.1. The van der Waals surface area contributed by atoms with Crippen molar-refractivity contribution in [3.05, 3.63) is 96.4 Å². The molecule has 0 spiro atoms. The molecule has 208 valence electrons. The number of carbonyl (C=O) groups excluding carboxylic acids is 1. The van der Waals surface area contributed by atoms with Gasteiger partial charge >= 0.3 is 0 Å². The standard InChI is InChI=1S/C29H28IN3O6S/c1-3-38-25-17-21(16-24(30)27(25)39-19-20-9-7-12-23(15-20)33(35)36)18-26-28(34)32(13-8-14-37-2)29(40-26)31-22-10-5-4-6-11-22/h4-7,9-12,15-18H,3,8,13-14,19H2,1-2H3/b26-18-,31-29?. The number of halogens is 1. The minimum Gasteiger partial charge on any atom is -0.490 e. The highest BCUT2D eigenvalue weighted by Crippen LogP contribution is 2.38.